The number of halogens is 3. The second kappa shape index (κ2) is 13.9. The molecule has 0 aliphatic carbocycles. The first kappa shape index (κ1) is 32.1. The van der Waals surface area contributed by atoms with Crippen molar-refractivity contribution in [1.82, 2.24) is 24.2 Å². The summed E-state index contributed by atoms with van der Waals surface area (Å²) in [6.07, 6.45) is 3.13. The van der Waals surface area contributed by atoms with E-state index in [1.165, 1.54) is 47.8 Å². The van der Waals surface area contributed by atoms with E-state index in [1.807, 2.05) is 24.3 Å². The minimum Gasteiger partial charge on any atom is -0.368 e. The molecule has 0 spiro atoms. The van der Waals surface area contributed by atoms with Crippen molar-refractivity contribution in [3.05, 3.63) is 142 Å². The van der Waals surface area contributed by atoms with Gasteiger partial charge in [-0.05, 0) is 54.1 Å². The molecule has 5 aromatic rings. The van der Waals surface area contributed by atoms with Gasteiger partial charge in [0.15, 0.2) is 5.78 Å². The fourth-order valence-electron chi connectivity index (χ4n) is 5.65. The first-order valence-electron chi connectivity index (χ1n) is 15.1. The molecule has 0 bridgehead atoms. The molecule has 13 heteroatoms. The average molecular weight is 655 g/mol. The molecule has 6 rings (SSSR count). The van der Waals surface area contributed by atoms with Gasteiger partial charge in [-0.25, -0.2) is 22.8 Å². The van der Waals surface area contributed by atoms with Crippen molar-refractivity contribution < 1.29 is 27.6 Å². The third-order valence-corrected chi connectivity index (χ3v) is 8.21. The van der Waals surface area contributed by atoms with Crippen LogP contribution in [0.5, 0.6) is 0 Å². The number of hydrogen-bond donors (Lipinski definition) is 0. The van der Waals surface area contributed by atoms with E-state index in [2.05, 4.69) is 15.0 Å². The SMILES string of the molecule is O=C(CC(=O)c1cc(Cc2c(F)cccc2F)cn(Cc2ccccc2F)c1=O)C(=O)N1CCN(c2ccc(-n3cncn3)cc2)CC1. The predicted molar refractivity (Wildman–Crippen MR) is 169 cm³/mol. The van der Waals surface area contributed by atoms with Crippen LogP contribution in [0, 0.1) is 17.5 Å². The number of carbonyl (C=O) groups excluding carboxylic acids is 3. The molecule has 0 N–H and O–H groups in total. The largest absolute Gasteiger partial charge is 0.368 e. The Morgan fingerprint density at radius 3 is 2.12 bits per heavy atom. The van der Waals surface area contributed by atoms with Crippen molar-refractivity contribution in [3.8, 4) is 5.69 Å². The molecule has 1 amide bonds. The Balaban J connectivity index is 1.16. The fourth-order valence-corrected chi connectivity index (χ4v) is 5.65. The Hall–Kier alpha value is -5.85. The van der Waals surface area contributed by atoms with E-state index in [-0.39, 0.29) is 42.7 Å². The number of amides is 1. The number of Topliss-reactive ketones (excluding diaryl/α,β-unsaturated/α-hetero) is 2. The molecule has 0 atom stereocenters. The molecular weight excluding hydrogens is 625 g/mol. The highest BCUT2D eigenvalue weighted by atomic mass is 19.1. The molecule has 48 heavy (non-hydrogen) atoms. The summed E-state index contributed by atoms with van der Waals surface area (Å²) in [4.78, 5) is 60.3. The average Bonchev–Trinajstić information content (AvgIpc) is 3.64. The minimum absolute atomic E-state index is 0.142. The first-order chi connectivity index (χ1) is 23.2. The molecule has 2 aromatic heterocycles. The Labute approximate surface area is 272 Å². The van der Waals surface area contributed by atoms with Gasteiger partial charge in [0, 0.05) is 55.6 Å². The van der Waals surface area contributed by atoms with Crippen LogP contribution in [0.1, 0.15) is 33.5 Å². The molecule has 10 nitrogen and oxygen atoms in total. The highest BCUT2D eigenvalue weighted by Crippen LogP contribution is 2.21. The maximum atomic E-state index is 14.5. The van der Waals surface area contributed by atoms with Crippen LogP contribution >= 0.6 is 0 Å². The molecule has 3 aromatic carbocycles. The lowest BCUT2D eigenvalue weighted by atomic mass is 10.0. The third-order valence-electron chi connectivity index (χ3n) is 8.21. The number of carbonyl (C=O) groups is 3. The summed E-state index contributed by atoms with van der Waals surface area (Å²) < 4.78 is 46.1. The predicted octanol–water partition coefficient (Wildman–Crippen LogP) is 3.98. The lowest BCUT2D eigenvalue weighted by molar-refractivity contribution is -0.144. The van der Waals surface area contributed by atoms with Gasteiger partial charge in [-0.15, -0.1) is 0 Å². The summed E-state index contributed by atoms with van der Waals surface area (Å²) in [6, 6.07) is 17.9. The van der Waals surface area contributed by atoms with Crippen LogP contribution in [0.25, 0.3) is 5.69 Å². The first-order valence-corrected chi connectivity index (χ1v) is 15.1. The number of piperazine rings is 1. The van der Waals surface area contributed by atoms with Crippen molar-refractivity contribution in [2.75, 3.05) is 31.1 Å². The normalized spacial score (nSPS) is 13.1. The standard InChI is InChI=1S/C35H29F3N6O4/c36-29-5-2-1-4-24(29)20-43-19-23(16-27-30(37)6-3-7-31(27)38)17-28(34(43)47)32(45)18-33(46)35(48)42-14-12-41(13-15-42)25-8-10-26(11-9-25)44-22-39-21-40-44/h1-11,17,19,21-22H,12-16,18,20H2. The molecule has 1 fully saturated rings. The quantitative estimate of drug-likeness (QED) is 0.127. The zero-order chi connectivity index (χ0) is 33.8. The Bertz CT molecular complexity index is 2020. The lowest BCUT2D eigenvalue weighted by Crippen LogP contribution is -2.51. The molecule has 1 saturated heterocycles. The number of ketones is 2. The monoisotopic (exact) mass is 654 g/mol. The van der Waals surface area contributed by atoms with Gasteiger partial charge in [0.25, 0.3) is 11.5 Å². The van der Waals surface area contributed by atoms with Crippen LogP contribution in [-0.4, -0.2) is 67.9 Å². The van der Waals surface area contributed by atoms with Crippen LogP contribution in [-0.2, 0) is 22.6 Å². The smallest absolute Gasteiger partial charge is 0.290 e. The van der Waals surface area contributed by atoms with E-state index in [4.69, 9.17) is 0 Å². The van der Waals surface area contributed by atoms with E-state index in [9.17, 15) is 32.3 Å². The maximum absolute atomic E-state index is 14.5. The number of rotatable bonds is 10. The van der Waals surface area contributed by atoms with Crippen LogP contribution < -0.4 is 10.5 Å². The van der Waals surface area contributed by atoms with Crippen LogP contribution in [0.15, 0.2) is 96.4 Å². The molecule has 0 saturated carbocycles. The van der Waals surface area contributed by atoms with Gasteiger partial charge in [-0.2, -0.15) is 5.10 Å². The van der Waals surface area contributed by atoms with E-state index in [1.54, 1.807) is 17.1 Å². The van der Waals surface area contributed by atoms with Gasteiger partial charge in [-0.1, -0.05) is 24.3 Å². The summed E-state index contributed by atoms with van der Waals surface area (Å²) in [5.41, 5.74) is 0.527. The molecule has 0 radical (unpaired) electrons. The summed E-state index contributed by atoms with van der Waals surface area (Å²) in [7, 11) is 0. The van der Waals surface area contributed by atoms with Crippen molar-refractivity contribution in [2.24, 2.45) is 0 Å². The Kier molecular flexibility index (Phi) is 9.28. The van der Waals surface area contributed by atoms with Crippen LogP contribution in [0.3, 0.4) is 0 Å². The number of aromatic nitrogens is 4. The van der Waals surface area contributed by atoms with Gasteiger partial charge in [-0.3, -0.25) is 19.2 Å². The maximum Gasteiger partial charge on any atom is 0.290 e. The zero-order valence-electron chi connectivity index (χ0n) is 25.6. The third kappa shape index (κ3) is 6.94. The van der Waals surface area contributed by atoms with E-state index >= 15 is 0 Å². The van der Waals surface area contributed by atoms with Gasteiger partial charge in [0.2, 0.25) is 5.78 Å². The van der Waals surface area contributed by atoms with Gasteiger partial charge in [0.1, 0.15) is 30.1 Å². The van der Waals surface area contributed by atoms with Crippen LogP contribution in [0.4, 0.5) is 18.9 Å². The van der Waals surface area contributed by atoms with E-state index < -0.39 is 52.5 Å². The lowest BCUT2D eigenvalue weighted by Gasteiger charge is -2.35. The highest BCUT2D eigenvalue weighted by Gasteiger charge is 2.29. The number of benzene rings is 3. The van der Waals surface area contributed by atoms with Gasteiger partial charge >= 0.3 is 0 Å². The van der Waals surface area contributed by atoms with Crippen molar-refractivity contribution in [1.29, 1.82) is 0 Å². The minimum atomic E-state index is -0.990. The molecule has 3 heterocycles. The Morgan fingerprint density at radius 1 is 0.792 bits per heavy atom. The molecular formula is C35H29F3N6O4. The van der Waals surface area contributed by atoms with Gasteiger partial charge in [0.05, 0.1) is 24.2 Å². The summed E-state index contributed by atoms with van der Waals surface area (Å²) >= 11 is 0. The van der Waals surface area contributed by atoms with E-state index in [0.29, 0.717) is 13.1 Å². The fraction of sp³-hybridized carbons (Fsp3) is 0.200. The second-order valence-electron chi connectivity index (χ2n) is 11.3. The molecule has 244 valence electrons. The number of pyridine rings is 1. The molecule has 0 unspecified atom stereocenters. The number of nitrogens with zero attached hydrogens (tertiary/aromatic N) is 6. The zero-order valence-corrected chi connectivity index (χ0v) is 25.6. The second-order valence-corrected chi connectivity index (χ2v) is 11.3. The van der Waals surface area contributed by atoms with Crippen LogP contribution in [0.2, 0.25) is 0 Å². The number of hydrogen-bond acceptors (Lipinski definition) is 7. The number of anilines is 1. The summed E-state index contributed by atoms with van der Waals surface area (Å²) in [5, 5.41) is 4.10. The van der Waals surface area contributed by atoms with Crippen molar-refractivity contribution in [2.45, 2.75) is 19.4 Å². The van der Waals surface area contributed by atoms with Gasteiger partial charge < -0.3 is 14.4 Å². The molecule has 1 aliphatic rings. The topological polar surface area (TPSA) is 110 Å². The summed E-state index contributed by atoms with van der Waals surface area (Å²) in [6.45, 7) is 1.10. The Morgan fingerprint density at radius 2 is 1.46 bits per heavy atom. The molecule has 1 aliphatic heterocycles. The van der Waals surface area contributed by atoms with E-state index in [0.717, 1.165) is 28.1 Å². The summed E-state index contributed by atoms with van der Waals surface area (Å²) in [5.74, 6) is -4.99. The van der Waals surface area contributed by atoms with Crippen molar-refractivity contribution in [3.63, 3.8) is 0 Å². The van der Waals surface area contributed by atoms with Crippen molar-refractivity contribution >= 4 is 23.2 Å². The highest BCUT2D eigenvalue weighted by molar-refractivity contribution is 6.40.